The number of thiazole rings is 1. The van der Waals surface area contributed by atoms with Gasteiger partial charge in [-0.3, -0.25) is 14.5 Å². The first-order valence-electron chi connectivity index (χ1n) is 6.85. The third-order valence-corrected chi connectivity index (χ3v) is 3.67. The van der Waals surface area contributed by atoms with Gasteiger partial charge in [0.2, 0.25) is 5.91 Å². The van der Waals surface area contributed by atoms with Crippen LogP contribution in [0.5, 0.6) is 0 Å². The lowest BCUT2D eigenvalue weighted by molar-refractivity contribution is -0.138. The molecule has 118 valence electrons. The first-order chi connectivity index (χ1) is 9.77. The average Bonchev–Trinajstić information content (AvgIpc) is 2.74. The third kappa shape index (κ3) is 6.68. The second-order valence-corrected chi connectivity index (χ2v) is 6.60. The molecule has 1 aromatic heterocycles. The molecule has 21 heavy (non-hydrogen) atoms. The maximum atomic E-state index is 11.6. The van der Waals surface area contributed by atoms with Gasteiger partial charge in [0.15, 0.2) is 0 Å². The van der Waals surface area contributed by atoms with Crippen molar-refractivity contribution in [1.82, 2.24) is 14.8 Å². The zero-order valence-electron chi connectivity index (χ0n) is 13.0. The molecule has 1 N–H and O–H groups in total. The van der Waals surface area contributed by atoms with E-state index in [0.717, 1.165) is 10.7 Å². The smallest absolute Gasteiger partial charge is 0.317 e. The number of carbonyl (C=O) groups excluding carboxylic acids is 1. The predicted octanol–water partition coefficient (Wildman–Crippen LogP) is 1.32. The average molecular weight is 313 g/mol. The van der Waals surface area contributed by atoms with Crippen LogP contribution in [0.15, 0.2) is 5.38 Å². The molecule has 0 aliphatic heterocycles. The van der Waals surface area contributed by atoms with E-state index >= 15 is 0 Å². The molecule has 0 aliphatic carbocycles. The van der Waals surface area contributed by atoms with Crippen LogP contribution in [-0.4, -0.2) is 59.0 Å². The molecule has 0 bridgehead atoms. The maximum absolute atomic E-state index is 11.6. The Balaban J connectivity index is 2.65. The fourth-order valence-corrected chi connectivity index (χ4v) is 2.69. The summed E-state index contributed by atoms with van der Waals surface area (Å²) in [6, 6.07) is 0. The maximum Gasteiger partial charge on any atom is 0.317 e. The van der Waals surface area contributed by atoms with Crippen molar-refractivity contribution in [2.75, 3.05) is 27.2 Å². The number of nitrogens with zero attached hydrogens (tertiary/aromatic N) is 3. The van der Waals surface area contributed by atoms with Gasteiger partial charge in [-0.1, -0.05) is 13.8 Å². The molecular formula is C14H23N3O3S. The Morgan fingerprint density at radius 1 is 1.38 bits per heavy atom. The molecule has 1 amide bonds. The molecule has 1 rings (SSSR count). The van der Waals surface area contributed by atoms with Gasteiger partial charge in [0.25, 0.3) is 0 Å². The van der Waals surface area contributed by atoms with Crippen LogP contribution in [0.3, 0.4) is 0 Å². The lowest BCUT2D eigenvalue weighted by atomic mass is 10.2. The lowest BCUT2D eigenvalue weighted by Crippen LogP contribution is -2.32. The van der Waals surface area contributed by atoms with E-state index in [9.17, 15) is 9.59 Å². The van der Waals surface area contributed by atoms with E-state index in [1.54, 1.807) is 14.1 Å². The van der Waals surface area contributed by atoms with E-state index in [1.807, 2.05) is 10.3 Å². The van der Waals surface area contributed by atoms with Crippen LogP contribution in [0.1, 0.15) is 24.5 Å². The number of carbonyl (C=O) groups is 2. The van der Waals surface area contributed by atoms with E-state index in [0.29, 0.717) is 25.4 Å². The number of amides is 1. The number of rotatable bonds is 8. The molecule has 0 saturated carbocycles. The quantitative estimate of drug-likeness (QED) is 0.783. The number of likely N-dealkylation sites (N-methyl/N-ethyl adjacent to an activating group) is 1. The summed E-state index contributed by atoms with van der Waals surface area (Å²) in [6.07, 6.45) is 0.292. The van der Waals surface area contributed by atoms with E-state index in [2.05, 4.69) is 18.8 Å². The first-order valence-corrected chi connectivity index (χ1v) is 7.73. The monoisotopic (exact) mass is 313 g/mol. The Morgan fingerprint density at radius 2 is 2.05 bits per heavy atom. The Morgan fingerprint density at radius 3 is 2.57 bits per heavy atom. The standard InChI is InChI=1S/C14H23N3O3S/c1-10(2)6-17(8-14(19)20)7-11-9-21-12(15-11)5-13(18)16(3)4/h9-10H,5-8H2,1-4H3,(H,19,20). The largest absolute Gasteiger partial charge is 0.480 e. The topological polar surface area (TPSA) is 73.7 Å². The molecule has 7 heteroatoms. The number of carboxylic acid groups (broad SMARTS) is 1. The molecule has 0 spiro atoms. The van der Waals surface area contributed by atoms with Gasteiger partial charge in [0.05, 0.1) is 18.7 Å². The first kappa shape index (κ1) is 17.6. The van der Waals surface area contributed by atoms with Gasteiger partial charge in [-0.05, 0) is 5.92 Å². The summed E-state index contributed by atoms with van der Waals surface area (Å²) < 4.78 is 0. The van der Waals surface area contributed by atoms with Crippen molar-refractivity contribution >= 4 is 23.2 Å². The molecule has 0 saturated heterocycles. The summed E-state index contributed by atoms with van der Waals surface area (Å²) in [5, 5.41) is 11.6. The van der Waals surface area contributed by atoms with Crippen LogP contribution in [-0.2, 0) is 22.6 Å². The van der Waals surface area contributed by atoms with Gasteiger partial charge in [-0.15, -0.1) is 11.3 Å². The molecule has 0 aromatic carbocycles. The minimum atomic E-state index is -0.839. The van der Waals surface area contributed by atoms with E-state index in [-0.39, 0.29) is 12.5 Å². The fraction of sp³-hybridized carbons (Fsp3) is 0.643. The molecule has 6 nitrogen and oxygen atoms in total. The minimum absolute atomic E-state index is 0.00166. The van der Waals surface area contributed by atoms with Crippen molar-refractivity contribution in [3.63, 3.8) is 0 Å². The number of carboxylic acids is 1. The minimum Gasteiger partial charge on any atom is -0.480 e. The molecule has 0 aliphatic rings. The summed E-state index contributed by atoms with van der Waals surface area (Å²) >= 11 is 1.44. The zero-order chi connectivity index (χ0) is 16.0. The highest BCUT2D eigenvalue weighted by Crippen LogP contribution is 2.14. The molecule has 0 atom stereocenters. The second kappa shape index (κ2) is 8.09. The van der Waals surface area contributed by atoms with Crippen LogP contribution in [0.4, 0.5) is 0 Å². The van der Waals surface area contributed by atoms with Crippen LogP contribution in [0.2, 0.25) is 0 Å². The summed E-state index contributed by atoms with van der Waals surface area (Å²) in [7, 11) is 3.43. The van der Waals surface area contributed by atoms with Gasteiger partial charge in [-0.25, -0.2) is 4.98 Å². The molecule has 1 aromatic rings. The molecule has 0 radical (unpaired) electrons. The van der Waals surface area contributed by atoms with Crippen molar-refractivity contribution in [2.45, 2.75) is 26.8 Å². The van der Waals surface area contributed by atoms with Crippen molar-refractivity contribution in [2.24, 2.45) is 5.92 Å². The highest BCUT2D eigenvalue weighted by Gasteiger charge is 2.15. The zero-order valence-corrected chi connectivity index (χ0v) is 13.8. The summed E-state index contributed by atoms with van der Waals surface area (Å²) in [5.74, 6) is -0.438. The molecular weight excluding hydrogens is 290 g/mol. The molecule has 0 unspecified atom stereocenters. The third-order valence-electron chi connectivity index (χ3n) is 2.77. The highest BCUT2D eigenvalue weighted by atomic mass is 32.1. The van der Waals surface area contributed by atoms with Gasteiger partial charge in [0.1, 0.15) is 5.01 Å². The van der Waals surface area contributed by atoms with Gasteiger partial charge in [0, 0.05) is 32.6 Å². The molecule has 1 heterocycles. The van der Waals surface area contributed by atoms with Crippen molar-refractivity contribution in [3.8, 4) is 0 Å². The number of aromatic nitrogens is 1. The van der Waals surface area contributed by atoms with E-state index < -0.39 is 5.97 Å². The highest BCUT2D eigenvalue weighted by molar-refractivity contribution is 7.09. The van der Waals surface area contributed by atoms with Crippen molar-refractivity contribution in [3.05, 3.63) is 16.1 Å². The van der Waals surface area contributed by atoms with Crippen LogP contribution in [0, 0.1) is 5.92 Å². The number of hydrogen-bond donors (Lipinski definition) is 1. The Labute approximate surface area is 129 Å². The molecule has 0 fully saturated rings. The van der Waals surface area contributed by atoms with E-state index in [1.165, 1.54) is 16.2 Å². The summed E-state index contributed by atoms with van der Waals surface area (Å²) in [4.78, 5) is 30.4. The van der Waals surface area contributed by atoms with E-state index in [4.69, 9.17) is 5.11 Å². The van der Waals surface area contributed by atoms with Gasteiger partial charge in [-0.2, -0.15) is 0 Å². The normalized spacial score (nSPS) is 11.1. The lowest BCUT2D eigenvalue weighted by Gasteiger charge is -2.21. The van der Waals surface area contributed by atoms with Gasteiger partial charge < -0.3 is 10.0 Å². The Hall–Kier alpha value is -1.47. The Bertz CT molecular complexity index is 486. The summed E-state index contributed by atoms with van der Waals surface area (Å²) in [6.45, 7) is 5.31. The predicted molar refractivity (Wildman–Crippen MR) is 82.3 cm³/mol. The number of aliphatic carboxylic acids is 1. The Kier molecular flexibility index (Phi) is 6.77. The van der Waals surface area contributed by atoms with Crippen molar-refractivity contribution < 1.29 is 14.7 Å². The van der Waals surface area contributed by atoms with Gasteiger partial charge >= 0.3 is 5.97 Å². The van der Waals surface area contributed by atoms with Crippen LogP contribution >= 0.6 is 11.3 Å². The van der Waals surface area contributed by atoms with Crippen molar-refractivity contribution in [1.29, 1.82) is 0 Å². The SMILES string of the molecule is CC(C)CN(CC(=O)O)Cc1csc(CC(=O)N(C)C)n1. The fourth-order valence-electron chi connectivity index (χ4n) is 1.91. The number of hydrogen-bond acceptors (Lipinski definition) is 5. The van der Waals surface area contributed by atoms with Crippen LogP contribution in [0.25, 0.3) is 0 Å². The van der Waals surface area contributed by atoms with Crippen LogP contribution < -0.4 is 0 Å². The second-order valence-electron chi connectivity index (χ2n) is 5.65. The summed E-state index contributed by atoms with van der Waals surface area (Å²) in [5.41, 5.74) is 0.823.